The van der Waals surface area contributed by atoms with Gasteiger partial charge in [0.05, 0.1) is 27.5 Å². The molecule has 0 saturated carbocycles. The van der Waals surface area contributed by atoms with Gasteiger partial charge in [0.15, 0.2) is 17.4 Å². The summed E-state index contributed by atoms with van der Waals surface area (Å²) in [5.41, 5.74) is 1.34. The smallest absolute Gasteiger partial charge is 0.291 e. The monoisotopic (exact) mass is 523 g/mol. The lowest BCUT2D eigenvalue weighted by atomic mass is 10.1. The van der Waals surface area contributed by atoms with Crippen LogP contribution in [0.15, 0.2) is 36.5 Å². The number of carbonyl (C=O) groups is 2. The van der Waals surface area contributed by atoms with Crippen molar-refractivity contribution in [3.05, 3.63) is 63.8 Å². The van der Waals surface area contributed by atoms with Gasteiger partial charge in [-0.3, -0.25) is 9.59 Å². The first kappa shape index (κ1) is 24.9. The number of alkyl halides is 1. The van der Waals surface area contributed by atoms with E-state index in [1.807, 2.05) is 0 Å². The third kappa shape index (κ3) is 5.09. The van der Waals surface area contributed by atoms with E-state index in [-0.39, 0.29) is 33.1 Å². The highest BCUT2D eigenvalue weighted by Crippen LogP contribution is 2.35. The van der Waals surface area contributed by atoms with Gasteiger partial charge in [-0.05, 0) is 30.3 Å². The largest absolute Gasteiger partial charge is 0.460 e. The number of nitrogens with zero attached hydrogens (tertiary/aromatic N) is 3. The maximum atomic E-state index is 14.4. The van der Waals surface area contributed by atoms with Crippen LogP contribution in [-0.4, -0.2) is 59.3 Å². The molecular formula is C23H21Cl2F2N5O3. The molecule has 12 heteroatoms. The molecule has 1 aromatic heterocycles. The highest BCUT2D eigenvalue weighted by Gasteiger charge is 2.23. The van der Waals surface area contributed by atoms with Crippen molar-refractivity contribution in [2.75, 3.05) is 38.4 Å². The van der Waals surface area contributed by atoms with Crippen molar-refractivity contribution in [2.45, 2.75) is 0 Å². The van der Waals surface area contributed by atoms with Crippen LogP contribution < -0.4 is 15.4 Å². The van der Waals surface area contributed by atoms with Crippen LogP contribution in [-0.2, 0) is 7.05 Å². The van der Waals surface area contributed by atoms with Gasteiger partial charge in [-0.15, -0.1) is 0 Å². The summed E-state index contributed by atoms with van der Waals surface area (Å²) < 4.78 is 32.8. The number of amides is 2. The maximum Gasteiger partial charge on any atom is 0.291 e. The molecule has 2 amide bonds. The molecule has 0 radical (unpaired) electrons. The predicted octanol–water partition coefficient (Wildman–Crippen LogP) is 4.14. The average molecular weight is 524 g/mol. The number of ether oxygens (including phenoxy) is 1. The zero-order valence-corrected chi connectivity index (χ0v) is 20.1. The molecule has 0 bridgehead atoms. The Labute approximate surface area is 209 Å². The zero-order valence-electron chi connectivity index (χ0n) is 18.6. The number of carbonyl (C=O) groups excluding carboxylic acids is 2. The minimum absolute atomic E-state index is 0.0256. The molecule has 0 unspecified atom stereocenters. The van der Waals surface area contributed by atoms with Crippen LogP contribution in [0.4, 0.5) is 14.5 Å². The molecule has 3 aromatic rings. The van der Waals surface area contributed by atoms with E-state index in [1.54, 1.807) is 24.1 Å². The van der Waals surface area contributed by atoms with Gasteiger partial charge in [-0.1, -0.05) is 23.2 Å². The summed E-state index contributed by atoms with van der Waals surface area (Å²) in [6.45, 7) is 1.42. The number of anilines is 1. The summed E-state index contributed by atoms with van der Waals surface area (Å²) in [5.74, 6) is -1.94. The number of hydrogen-bond donors (Lipinski definition) is 2. The number of hydrogen-bond acceptors (Lipinski definition) is 5. The molecular weight excluding hydrogens is 503 g/mol. The van der Waals surface area contributed by atoms with Gasteiger partial charge in [-0.2, -0.15) is 0 Å². The number of imidazole rings is 1. The van der Waals surface area contributed by atoms with E-state index in [0.717, 1.165) is 13.1 Å². The molecule has 2 heterocycles. The first-order valence-electron chi connectivity index (χ1n) is 10.6. The van der Waals surface area contributed by atoms with Gasteiger partial charge in [0.2, 0.25) is 6.86 Å². The Bertz CT molecular complexity index is 1280. The second-order valence-electron chi connectivity index (χ2n) is 7.71. The van der Waals surface area contributed by atoms with E-state index < -0.39 is 18.6 Å². The number of rotatable bonds is 6. The number of benzene rings is 2. The van der Waals surface area contributed by atoms with Crippen molar-refractivity contribution in [2.24, 2.45) is 7.05 Å². The highest BCUT2D eigenvalue weighted by atomic mass is 35.5. The molecule has 1 aliphatic heterocycles. The molecule has 1 fully saturated rings. The van der Waals surface area contributed by atoms with E-state index in [1.165, 1.54) is 29.0 Å². The molecule has 0 spiro atoms. The van der Waals surface area contributed by atoms with Crippen LogP contribution in [0.25, 0.3) is 11.3 Å². The number of aromatic nitrogens is 2. The fourth-order valence-corrected chi connectivity index (χ4v) is 4.28. The second-order valence-corrected chi connectivity index (χ2v) is 8.49. The van der Waals surface area contributed by atoms with Crippen LogP contribution in [0, 0.1) is 5.82 Å². The summed E-state index contributed by atoms with van der Waals surface area (Å²) in [6, 6.07) is 7.33. The quantitative estimate of drug-likeness (QED) is 0.507. The Hall–Kier alpha value is -3.21. The van der Waals surface area contributed by atoms with Crippen LogP contribution in [0.2, 0.25) is 10.0 Å². The predicted molar refractivity (Wildman–Crippen MR) is 128 cm³/mol. The van der Waals surface area contributed by atoms with Crippen molar-refractivity contribution in [1.29, 1.82) is 0 Å². The van der Waals surface area contributed by atoms with Crippen LogP contribution in [0.1, 0.15) is 21.0 Å². The van der Waals surface area contributed by atoms with Crippen molar-refractivity contribution in [3.63, 3.8) is 0 Å². The minimum atomic E-state index is -1.20. The lowest BCUT2D eigenvalue weighted by Crippen LogP contribution is -2.46. The van der Waals surface area contributed by atoms with E-state index in [0.29, 0.717) is 30.0 Å². The Morgan fingerprint density at radius 1 is 1.20 bits per heavy atom. The van der Waals surface area contributed by atoms with Crippen molar-refractivity contribution >= 4 is 40.7 Å². The van der Waals surface area contributed by atoms with Gasteiger partial charge in [0.1, 0.15) is 0 Å². The molecule has 2 aromatic carbocycles. The zero-order chi connectivity index (χ0) is 25.1. The lowest BCUT2D eigenvalue weighted by Gasteiger charge is -2.27. The van der Waals surface area contributed by atoms with Crippen molar-refractivity contribution < 1.29 is 23.1 Å². The third-order valence-electron chi connectivity index (χ3n) is 5.59. The van der Waals surface area contributed by atoms with E-state index in [9.17, 15) is 18.4 Å². The molecule has 0 atom stereocenters. The summed E-state index contributed by atoms with van der Waals surface area (Å²) in [4.78, 5) is 31.4. The van der Waals surface area contributed by atoms with Crippen LogP contribution in [0.5, 0.6) is 5.75 Å². The standard InChI is InChI=1S/C23H21Cl2F2N5O3/c1-31-17(15-4-5-18(35-12-26)20(27)19(15)25)11-29-21(31)22(33)30-13-2-3-14(16(24)10-13)23(34)32-8-6-28-7-9-32/h2-5,10-11,28H,6-9,12H2,1H3,(H,30,33). The molecule has 1 aliphatic rings. The molecule has 4 rings (SSSR count). The normalized spacial score (nSPS) is 13.6. The molecule has 0 aliphatic carbocycles. The summed E-state index contributed by atoms with van der Waals surface area (Å²) in [6.07, 6.45) is 1.37. The minimum Gasteiger partial charge on any atom is -0.460 e. The van der Waals surface area contributed by atoms with Crippen molar-refractivity contribution in [1.82, 2.24) is 19.8 Å². The molecule has 2 N–H and O–H groups in total. The Morgan fingerprint density at radius 2 is 1.94 bits per heavy atom. The van der Waals surface area contributed by atoms with E-state index in [2.05, 4.69) is 20.4 Å². The van der Waals surface area contributed by atoms with Crippen LogP contribution in [0.3, 0.4) is 0 Å². The van der Waals surface area contributed by atoms with Gasteiger partial charge >= 0.3 is 0 Å². The fourth-order valence-electron chi connectivity index (χ4n) is 3.76. The topological polar surface area (TPSA) is 88.5 Å². The first-order valence-corrected chi connectivity index (χ1v) is 11.4. The summed E-state index contributed by atoms with van der Waals surface area (Å²) in [5, 5.41) is 5.80. The fraction of sp³-hybridized carbons (Fsp3) is 0.261. The highest BCUT2D eigenvalue weighted by molar-refractivity contribution is 6.34. The molecule has 8 nitrogen and oxygen atoms in total. The van der Waals surface area contributed by atoms with Gasteiger partial charge in [0, 0.05) is 44.5 Å². The van der Waals surface area contributed by atoms with E-state index >= 15 is 0 Å². The van der Waals surface area contributed by atoms with E-state index in [4.69, 9.17) is 23.2 Å². The van der Waals surface area contributed by atoms with Crippen molar-refractivity contribution in [3.8, 4) is 17.0 Å². The molecule has 184 valence electrons. The SMILES string of the molecule is Cn1c(-c2ccc(OCF)c(F)c2Cl)cnc1C(=O)Nc1ccc(C(=O)N2CCNCC2)c(Cl)c1. The maximum absolute atomic E-state index is 14.4. The van der Waals surface area contributed by atoms with Gasteiger partial charge < -0.3 is 24.8 Å². The Kier molecular flexibility index (Phi) is 7.54. The molecule has 1 saturated heterocycles. The summed E-state index contributed by atoms with van der Waals surface area (Å²) >= 11 is 12.4. The second kappa shape index (κ2) is 10.6. The lowest BCUT2D eigenvalue weighted by molar-refractivity contribution is 0.0736. The van der Waals surface area contributed by atoms with Gasteiger partial charge in [0.25, 0.3) is 11.8 Å². The Balaban J connectivity index is 1.52. The third-order valence-corrected chi connectivity index (χ3v) is 6.27. The number of nitrogens with one attached hydrogen (secondary N) is 2. The van der Waals surface area contributed by atoms with Crippen LogP contribution >= 0.6 is 23.2 Å². The molecule has 35 heavy (non-hydrogen) atoms. The number of piperazine rings is 1. The first-order chi connectivity index (χ1) is 16.8. The Morgan fingerprint density at radius 3 is 2.63 bits per heavy atom. The average Bonchev–Trinajstić information content (AvgIpc) is 3.23. The van der Waals surface area contributed by atoms with Gasteiger partial charge in [-0.25, -0.2) is 13.8 Å². The number of halogens is 4. The summed E-state index contributed by atoms with van der Waals surface area (Å²) in [7, 11) is 1.57.